The molecule has 0 aromatic heterocycles. The molecule has 0 aliphatic heterocycles. The molecule has 2 atom stereocenters. The molecule has 0 aromatic rings. The van der Waals surface area contributed by atoms with Crippen LogP contribution in [-0.4, -0.2) is 57.2 Å². The summed E-state index contributed by atoms with van der Waals surface area (Å²) >= 11 is 0. The number of aliphatic carboxylic acids is 1. The highest BCUT2D eigenvalue weighted by Crippen LogP contribution is 2.35. The number of amides is 1. The van der Waals surface area contributed by atoms with E-state index in [0.29, 0.717) is 6.42 Å². The van der Waals surface area contributed by atoms with Gasteiger partial charge in [-0.3, -0.25) is 14.1 Å². The Morgan fingerprint density at radius 3 is 1.79 bits per heavy atom. The molecular formula is C23H49N2O8P. The number of unbranched alkanes of at least 4 members (excludes halogenated alkanes) is 11. The van der Waals surface area contributed by atoms with Crippen molar-refractivity contribution in [2.75, 3.05) is 13.2 Å². The van der Waals surface area contributed by atoms with Crippen LogP contribution in [0.25, 0.3) is 0 Å². The van der Waals surface area contributed by atoms with Crippen molar-refractivity contribution in [2.45, 2.75) is 122 Å². The second kappa shape index (κ2) is 23.7. The van der Waals surface area contributed by atoms with Gasteiger partial charge in [0.05, 0.1) is 19.3 Å². The molecular weight excluding hydrogens is 463 g/mol. The Morgan fingerprint density at radius 2 is 1.35 bits per heavy atom. The summed E-state index contributed by atoms with van der Waals surface area (Å²) in [5, 5.41) is 20.4. The van der Waals surface area contributed by atoms with Crippen molar-refractivity contribution in [1.82, 2.24) is 5.32 Å². The predicted octanol–water partition coefficient (Wildman–Crippen LogP) is 3.86. The molecule has 0 bridgehead atoms. The van der Waals surface area contributed by atoms with Gasteiger partial charge in [-0.05, 0) is 12.8 Å². The Bertz CT molecular complexity index is 545. The molecule has 0 aliphatic rings. The summed E-state index contributed by atoms with van der Waals surface area (Å²) in [6.45, 7) is 3.79. The molecule has 204 valence electrons. The van der Waals surface area contributed by atoms with Gasteiger partial charge in [0.1, 0.15) is 6.04 Å². The summed E-state index contributed by atoms with van der Waals surface area (Å²) in [4.78, 5) is 38.0. The molecule has 0 aromatic carbocycles. The first-order valence-electron chi connectivity index (χ1n) is 12.7. The molecule has 1 unspecified atom stereocenters. The Morgan fingerprint density at radius 1 is 0.882 bits per heavy atom. The van der Waals surface area contributed by atoms with Crippen molar-refractivity contribution >= 4 is 19.7 Å². The second-order valence-electron chi connectivity index (χ2n) is 8.61. The van der Waals surface area contributed by atoms with Gasteiger partial charge in [0.25, 0.3) is 0 Å². The van der Waals surface area contributed by atoms with Gasteiger partial charge in [0, 0.05) is 6.42 Å². The van der Waals surface area contributed by atoms with Crippen LogP contribution >= 0.6 is 7.82 Å². The standard InChI is InChI=1S/C20H41NO2.C3H8NO6P/c1-3-5-7-9-10-11-12-13-15-17-20(23)21-19(18-22)16-14-8-6-4-2;4-2(3(5)6)1-10-11(7,8)9/h19,22H,3-18H2,1-2H3,(H,21,23);2H,1,4H2,(H,5,6)(H2,7,8,9)/t;2-/m.0/s1. The SMILES string of the molecule is CCCCCCCCCCCC(=O)NC(CO)CCCCCC.N[C@@H](COP(=O)(O)O)C(=O)O. The van der Waals surface area contributed by atoms with E-state index in [1.807, 2.05) is 0 Å². The van der Waals surface area contributed by atoms with Crippen LogP contribution in [0.4, 0.5) is 0 Å². The molecule has 1 amide bonds. The smallest absolute Gasteiger partial charge is 0.469 e. The third-order valence-electron chi connectivity index (χ3n) is 5.24. The molecule has 34 heavy (non-hydrogen) atoms. The minimum Gasteiger partial charge on any atom is -0.480 e. The van der Waals surface area contributed by atoms with Gasteiger partial charge in [0.15, 0.2) is 0 Å². The van der Waals surface area contributed by atoms with Crippen LogP contribution in [0.5, 0.6) is 0 Å². The lowest BCUT2D eigenvalue weighted by atomic mass is 10.1. The number of carboxylic acid groups (broad SMARTS) is 1. The second-order valence-corrected chi connectivity index (χ2v) is 9.85. The number of nitrogens with two attached hydrogens (primary N) is 1. The highest BCUT2D eigenvalue weighted by molar-refractivity contribution is 7.46. The van der Waals surface area contributed by atoms with Crippen molar-refractivity contribution in [3.8, 4) is 0 Å². The fourth-order valence-corrected chi connectivity index (χ4v) is 3.53. The molecule has 0 radical (unpaired) electrons. The zero-order chi connectivity index (χ0) is 26.2. The number of aliphatic hydroxyl groups is 1. The van der Waals surface area contributed by atoms with Crippen LogP contribution in [0.3, 0.4) is 0 Å². The lowest BCUT2D eigenvalue weighted by Crippen LogP contribution is -2.37. The number of phosphoric acid groups is 1. The number of aliphatic hydroxyl groups excluding tert-OH is 1. The van der Waals surface area contributed by atoms with E-state index in [1.165, 1.54) is 64.2 Å². The third kappa shape index (κ3) is 27.2. The normalized spacial score (nSPS) is 13.0. The van der Waals surface area contributed by atoms with Crippen LogP contribution < -0.4 is 11.1 Å². The maximum atomic E-state index is 11.9. The van der Waals surface area contributed by atoms with Gasteiger partial charge < -0.3 is 31.1 Å². The van der Waals surface area contributed by atoms with E-state index in [9.17, 15) is 19.3 Å². The van der Waals surface area contributed by atoms with Crippen molar-refractivity contribution in [2.24, 2.45) is 5.73 Å². The van der Waals surface area contributed by atoms with Crippen LogP contribution in [-0.2, 0) is 18.7 Å². The molecule has 11 heteroatoms. The number of carbonyl (C=O) groups excluding carboxylic acids is 1. The topological polar surface area (TPSA) is 179 Å². The Hall–Kier alpha value is -1.03. The van der Waals surface area contributed by atoms with Gasteiger partial charge in [0.2, 0.25) is 5.91 Å². The zero-order valence-corrected chi connectivity index (χ0v) is 22.0. The number of carbonyl (C=O) groups is 2. The van der Waals surface area contributed by atoms with Gasteiger partial charge in [-0.25, -0.2) is 4.57 Å². The first-order chi connectivity index (χ1) is 16.1. The quantitative estimate of drug-likeness (QED) is 0.0983. The number of carboxylic acids is 1. The van der Waals surface area contributed by atoms with Crippen LogP contribution in [0.15, 0.2) is 0 Å². The van der Waals surface area contributed by atoms with E-state index in [4.69, 9.17) is 20.6 Å². The van der Waals surface area contributed by atoms with Crippen molar-refractivity contribution in [3.63, 3.8) is 0 Å². The molecule has 10 nitrogen and oxygen atoms in total. The first kappa shape index (κ1) is 35.1. The maximum Gasteiger partial charge on any atom is 0.469 e. The summed E-state index contributed by atoms with van der Waals surface area (Å²) in [6.07, 6.45) is 17.7. The predicted molar refractivity (Wildman–Crippen MR) is 133 cm³/mol. The fraction of sp³-hybridized carbons (Fsp3) is 0.913. The number of rotatable bonds is 21. The molecule has 0 aliphatic carbocycles. The molecule has 0 spiro atoms. The van der Waals surface area contributed by atoms with E-state index in [2.05, 4.69) is 23.7 Å². The van der Waals surface area contributed by atoms with E-state index < -0.39 is 26.4 Å². The van der Waals surface area contributed by atoms with Crippen molar-refractivity contribution < 1.29 is 38.7 Å². The van der Waals surface area contributed by atoms with Gasteiger partial charge in [-0.15, -0.1) is 0 Å². The Kier molecular flexibility index (Phi) is 24.5. The average Bonchev–Trinajstić information content (AvgIpc) is 2.78. The molecule has 7 N–H and O–H groups in total. The summed E-state index contributed by atoms with van der Waals surface area (Å²) < 4.78 is 13.8. The maximum absolute atomic E-state index is 11.9. The van der Waals surface area contributed by atoms with Crippen molar-refractivity contribution in [1.29, 1.82) is 0 Å². The largest absolute Gasteiger partial charge is 0.480 e. The number of hydrogen-bond acceptors (Lipinski definition) is 6. The molecule has 0 fully saturated rings. The number of hydrogen-bond donors (Lipinski definition) is 6. The van der Waals surface area contributed by atoms with E-state index in [0.717, 1.165) is 25.7 Å². The highest BCUT2D eigenvalue weighted by atomic mass is 31.2. The molecule has 0 rings (SSSR count). The zero-order valence-electron chi connectivity index (χ0n) is 21.1. The van der Waals surface area contributed by atoms with E-state index in [1.54, 1.807) is 0 Å². The summed E-state index contributed by atoms with van der Waals surface area (Å²) in [7, 11) is -4.60. The van der Waals surface area contributed by atoms with Crippen LogP contribution in [0, 0.1) is 0 Å². The monoisotopic (exact) mass is 512 g/mol. The number of nitrogens with one attached hydrogen (secondary N) is 1. The fourth-order valence-electron chi connectivity index (χ4n) is 3.17. The van der Waals surface area contributed by atoms with Gasteiger partial charge >= 0.3 is 13.8 Å². The minimum absolute atomic E-state index is 0.0436. The summed E-state index contributed by atoms with van der Waals surface area (Å²) in [6, 6.07) is -1.46. The summed E-state index contributed by atoms with van der Waals surface area (Å²) in [5.41, 5.74) is 4.86. The van der Waals surface area contributed by atoms with Crippen LogP contribution in [0.2, 0.25) is 0 Å². The Balaban J connectivity index is 0. The Labute approximate surface area is 205 Å². The van der Waals surface area contributed by atoms with Gasteiger partial charge in [-0.1, -0.05) is 90.9 Å². The van der Waals surface area contributed by atoms with E-state index in [-0.39, 0.29) is 18.6 Å². The van der Waals surface area contributed by atoms with Gasteiger partial charge in [-0.2, -0.15) is 0 Å². The lowest BCUT2D eigenvalue weighted by molar-refractivity contribution is -0.139. The lowest BCUT2D eigenvalue weighted by Gasteiger charge is -2.16. The minimum atomic E-state index is -4.60. The van der Waals surface area contributed by atoms with Crippen LogP contribution in [0.1, 0.15) is 110 Å². The average molecular weight is 513 g/mol. The highest BCUT2D eigenvalue weighted by Gasteiger charge is 2.19. The van der Waals surface area contributed by atoms with E-state index >= 15 is 0 Å². The summed E-state index contributed by atoms with van der Waals surface area (Å²) in [5.74, 6) is -1.26. The van der Waals surface area contributed by atoms with Crippen molar-refractivity contribution in [3.05, 3.63) is 0 Å². The third-order valence-corrected chi connectivity index (χ3v) is 5.72. The molecule has 0 saturated heterocycles. The molecule has 0 heterocycles. The first-order valence-corrected chi connectivity index (χ1v) is 14.2. The molecule has 0 saturated carbocycles. The number of phosphoric ester groups is 1.